The SMILES string of the molecule is NC(=O)CCOc1ccc(CO)nc1. The molecule has 0 saturated carbocycles. The topological polar surface area (TPSA) is 85.4 Å². The lowest BCUT2D eigenvalue weighted by molar-refractivity contribution is -0.118. The Labute approximate surface area is 81.5 Å². The van der Waals surface area contributed by atoms with E-state index in [-0.39, 0.29) is 19.6 Å². The molecule has 0 fully saturated rings. The van der Waals surface area contributed by atoms with Crippen molar-refractivity contribution in [2.45, 2.75) is 13.0 Å². The standard InChI is InChI=1S/C9H12N2O3/c10-9(13)3-4-14-8-2-1-7(6-12)11-5-8/h1-2,5,12H,3-4,6H2,(H2,10,13). The van der Waals surface area contributed by atoms with E-state index in [2.05, 4.69) is 4.98 Å². The summed E-state index contributed by atoms with van der Waals surface area (Å²) in [6.07, 6.45) is 1.67. The molecule has 1 aromatic rings. The van der Waals surface area contributed by atoms with Crippen LogP contribution in [0, 0.1) is 0 Å². The third kappa shape index (κ3) is 3.40. The van der Waals surface area contributed by atoms with Crippen molar-refractivity contribution in [3.05, 3.63) is 24.0 Å². The maximum absolute atomic E-state index is 10.4. The van der Waals surface area contributed by atoms with Gasteiger partial charge in [0.1, 0.15) is 5.75 Å². The van der Waals surface area contributed by atoms with Crippen LogP contribution in [0.15, 0.2) is 18.3 Å². The highest BCUT2D eigenvalue weighted by Gasteiger charge is 1.97. The zero-order chi connectivity index (χ0) is 10.4. The van der Waals surface area contributed by atoms with Gasteiger partial charge in [-0.25, -0.2) is 0 Å². The number of nitrogens with zero attached hydrogens (tertiary/aromatic N) is 1. The number of rotatable bonds is 5. The first-order valence-electron chi connectivity index (χ1n) is 4.19. The molecule has 5 nitrogen and oxygen atoms in total. The number of hydrogen-bond donors (Lipinski definition) is 2. The first-order valence-corrected chi connectivity index (χ1v) is 4.19. The Morgan fingerprint density at radius 2 is 2.36 bits per heavy atom. The van der Waals surface area contributed by atoms with Gasteiger partial charge in [-0.2, -0.15) is 0 Å². The number of primary amides is 1. The first-order chi connectivity index (χ1) is 6.72. The van der Waals surface area contributed by atoms with Crippen molar-refractivity contribution >= 4 is 5.91 Å². The Hall–Kier alpha value is -1.62. The minimum absolute atomic E-state index is 0.0957. The molecule has 1 heterocycles. The van der Waals surface area contributed by atoms with Crippen molar-refractivity contribution < 1.29 is 14.6 Å². The van der Waals surface area contributed by atoms with E-state index < -0.39 is 5.91 Å². The summed E-state index contributed by atoms with van der Waals surface area (Å²) in [6.45, 7) is 0.150. The van der Waals surface area contributed by atoms with Gasteiger partial charge >= 0.3 is 0 Å². The van der Waals surface area contributed by atoms with Crippen molar-refractivity contribution in [2.75, 3.05) is 6.61 Å². The van der Waals surface area contributed by atoms with E-state index in [0.717, 1.165) is 0 Å². The molecular formula is C9H12N2O3. The van der Waals surface area contributed by atoms with Crippen LogP contribution in [0.5, 0.6) is 5.75 Å². The van der Waals surface area contributed by atoms with Gasteiger partial charge in [0.15, 0.2) is 0 Å². The summed E-state index contributed by atoms with van der Waals surface area (Å²) in [6, 6.07) is 3.33. The lowest BCUT2D eigenvalue weighted by Gasteiger charge is -2.04. The van der Waals surface area contributed by atoms with Crippen molar-refractivity contribution in [2.24, 2.45) is 5.73 Å². The minimum atomic E-state index is -0.398. The molecule has 0 atom stereocenters. The average Bonchev–Trinajstić information content (AvgIpc) is 2.18. The van der Waals surface area contributed by atoms with Gasteiger partial charge in [-0.15, -0.1) is 0 Å². The summed E-state index contributed by atoms with van der Waals surface area (Å²) >= 11 is 0. The largest absolute Gasteiger partial charge is 0.491 e. The second kappa shape index (κ2) is 5.18. The van der Waals surface area contributed by atoms with Crippen LogP contribution >= 0.6 is 0 Å². The van der Waals surface area contributed by atoms with E-state index in [4.69, 9.17) is 15.6 Å². The summed E-state index contributed by atoms with van der Waals surface area (Å²) in [4.78, 5) is 14.3. The summed E-state index contributed by atoms with van der Waals surface area (Å²) in [5, 5.41) is 8.71. The number of hydrogen-bond acceptors (Lipinski definition) is 4. The molecule has 1 rings (SSSR count). The van der Waals surface area contributed by atoms with Gasteiger partial charge in [0.25, 0.3) is 0 Å². The van der Waals surface area contributed by atoms with Crippen LogP contribution in [0.25, 0.3) is 0 Å². The van der Waals surface area contributed by atoms with Crippen molar-refractivity contribution in [1.29, 1.82) is 0 Å². The van der Waals surface area contributed by atoms with Gasteiger partial charge in [-0.1, -0.05) is 0 Å². The normalized spacial score (nSPS) is 9.79. The average molecular weight is 196 g/mol. The highest BCUT2D eigenvalue weighted by Crippen LogP contribution is 2.08. The molecule has 0 saturated heterocycles. The van der Waals surface area contributed by atoms with Crippen LogP contribution in [0.3, 0.4) is 0 Å². The highest BCUT2D eigenvalue weighted by atomic mass is 16.5. The van der Waals surface area contributed by atoms with E-state index in [9.17, 15) is 4.79 Å². The molecular weight excluding hydrogens is 184 g/mol. The number of aromatic nitrogens is 1. The molecule has 0 aliphatic heterocycles. The third-order valence-electron chi connectivity index (χ3n) is 1.58. The number of carbonyl (C=O) groups is 1. The number of ether oxygens (including phenoxy) is 1. The van der Waals surface area contributed by atoms with Gasteiger partial charge in [-0.3, -0.25) is 9.78 Å². The molecule has 76 valence electrons. The second-order valence-electron chi connectivity index (χ2n) is 2.71. The molecule has 1 amide bonds. The molecule has 0 radical (unpaired) electrons. The third-order valence-corrected chi connectivity index (χ3v) is 1.58. The summed E-state index contributed by atoms with van der Waals surface area (Å²) < 4.78 is 5.17. The van der Waals surface area contributed by atoms with Crippen LogP contribution in [-0.4, -0.2) is 22.6 Å². The molecule has 0 aliphatic carbocycles. The van der Waals surface area contributed by atoms with E-state index in [0.29, 0.717) is 11.4 Å². The lowest BCUT2D eigenvalue weighted by atomic mass is 10.3. The number of carbonyl (C=O) groups excluding carboxylic acids is 1. The molecule has 0 aromatic carbocycles. The van der Waals surface area contributed by atoms with Gasteiger partial charge in [0, 0.05) is 0 Å². The quantitative estimate of drug-likeness (QED) is 0.684. The summed E-state index contributed by atoms with van der Waals surface area (Å²) in [7, 11) is 0. The van der Waals surface area contributed by atoms with E-state index in [1.807, 2.05) is 0 Å². The van der Waals surface area contributed by atoms with Gasteiger partial charge in [-0.05, 0) is 12.1 Å². The van der Waals surface area contributed by atoms with E-state index in [1.165, 1.54) is 6.20 Å². The Morgan fingerprint density at radius 1 is 1.57 bits per heavy atom. The smallest absolute Gasteiger partial charge is 0.220 e. The molecule has 0 unspecified atom stereocenters. The monoisotopic (exact) mass is 196 g/mol. The Morgan fingerprint density at radius 3 is 2.86 bits per heavy atom. The fourth-order valence-corrected chi connectivity index (χ4v) is 0.859. The van der Waals surface area contributed by atoms with Crippen molar-refractivity contribution in [1.82, 2.24) is 4.98 Å². The van der Waals surface area contributed by atoms with Crippen molar-refractivity contribution in [3.63, 3.8) is 0 Å². The predicted molar refractivity (Wildman–Crippen MR) is 49.5 cm³/mol. The molecule has 5 heteroatoms. The minimum Gasteiger partial charge on any atom is -0.491 e. The van der Waals surface area contributed by atoms with Gasteiger partial charge in [0.2, 0.25) is 5.91 Å². The van der Waals surface area contributed by atoms with Crippen molar-refractivity contribution in [3.8, 4) is 5.75 Å². The maximum atomic E-state index is 10.4. The number of nitrogens with two attached hydrogens (primary N) is 1. The summed E-state index contributed by atoms with van der Waals surface area (Å²) in [5.41, 5.74) is 5.51. The number of aliphatic hydroxyl groups is 1. The highest BCUT2D eigenvalue weighted by molar-refractivity contribution is 5.73. The second-order valence-corrected chi connectivity index (χ2v) is 2.71. The van der Waals surface area contributed by atoms with Gasteiger partial charge < -0.3 is 15.6 Å². The van der Waals surface area contributed by atoms with E-state index in [1.54, 1.807) is 12.1 Å². The molecule has 0 spiro atoms. The lowest BCUT2D eigenvalue weighted by Crippen LogP contribution is -2.14. The number of aliphatic hydroxyl groups excluding tert-OH is 1. The Kier molecular flexibility index (Phi) is 3.87. The van der Waals surface area contributed by atoms with Crippen LogP contribution in [-0.2, 0) is 11.4 Å². The molecule has 3 N–H and O–H groups in total. The first kappa shape index (κ1) is 10.5. The Bertz CT molecular complexity index is 297. The maximum Gasteiger partial charge on any atom is 0.220 e. The fourth-order valence-electron chi connectivity index (χ4n) is 0.859. The fraction of sp³-hybridized carbons (Fsp3) is 0.333. The van der Waals surface area contributed by atoms with Crippen LogP contribution in [0.4, 0.5) is 0 Å². The number of amides is 1. The zero-order valence-electron chi connectivity index (χ0n) is 7.64. The van der Waals surface area contributed by atoms with Crippen LogP contribution in [0.1, 0.15) is 12.1 Å². The van der Waals surface area contributed by atoms with E-state index >= 15 is 0 Å². The van der Waals surface area contributed by atoms with Crippen LogP contribution < -0.4 is 10.5 Å². The number of pyridine rings is 1. The molecule has 14 heavy (non-hydrogen) atoms. The molecule has 1 aromatic heterocycles. The molecule has 0 aliphatic rings. The zero-order valence-corrected chi connectivity index (χ0v) is 7.64. The van der Waals surface area contributed by atoms with Gasteiger partial charge in [0.05, 0.1) is 31.5 Å². The summed E-state index contributed by atoms with van der Waals surface area (Å²) in [5.74, 6) is 0.161. The Balaban J connectivity index is 2.40. The predicted octanol–water partition coefficient (Wildman–Crippen LogP) is -0.172. The van der Waals surface area contributed by atoms with Crippen LogP contribution in [0.2, 0.25) is 0 Å². The molecule has 0 bridgehead atoms.